The Morgan fingerprint density at radius 3 is 2.85 bits per heavy atom. The molecule has 1 amide bonds. The van der Waals surface area contributed by atoms with Crippen molar-refractivity contribution in [3.05, 3.63) is 77.9 Å². The summed E-state index contributed by atoms with van der Waals surface area (Å²) in [6.07, 6.45) is 5.26. The molecule has 1 radical (unpaired) electrons. The number of rotatable bonds is 5. The van der Waals surface area contributed by atoms with Crippen LogP contribution in [0.3, 0.4) is 0 Å². The average molecular weight is 458 g/mol. The molecule has 2 unspecified atom stereocenters. The Labute approximate surface area is 194 Å². The van der Waals surface area contributed by atoms with Crippen molar-refractivity contribution in [3.63, 3.8) is 0 Å². The van der Waals surface area contributed by atoms with Crippen LogP contribution < -0.4 is 21.0 Å². The number of halogens is 1. The lowest BCUT2D eigenvalue weighted by molar-refractivity contribution is 0.268. The minimum absolute atomic E-state index is 0.0827. The van der Waals surface area contributed by atoms with Crippen molar-refractivity contribution in [1.82, 2.24) is 14.6 Å². The molecule has 5 rings (SSSR count). The number of amides is 1. The van der Waals surface area contributed by atoms with Gasteiger partial charge in [0.15, 0.2) is 11.5 Å². The fourth-order valence-electron chi connectivity index (χ4n) is 4.28. The van der Waals surface area contributed by atoms with Crippen LogP contribution in [0.5, 0.6) is 0 Å². The van der Waals surface area contributed by atoms with Gasteiger partial charge >= 0.3 is 0 Å². The number of aryl methyl sites for hydroxylation is 1. The van der Waals surface area contributed by atoms with E-state index in [-0.39, 0.29) is 17.7 Å². The molecule has 0 bridgehead atoms. The highest BCUT2D eigenvalue weighted by Crippen LogP contribution is 2.36. The lowest BCUT2D eigenvalue weighted by Crippen LogP contribution is -2.29. The van der Waals surface area contributed by atoms with E-state index in [0.717, 1.165) is 41.8 Å². The lowest BCUT2D eigenvalue weighted by atomic mass is 9.70. The van der Waals surface area contributed by atoms with Crippen LogP contribution in [0.2, 0.25) is 0 Å². The molecular formula is C24H23BFN5OP. The predicted molar refractivity (Wildman–Crippen MR) is 134 cm³/mol. The molecule has 2 aromatic carbocycles. The Morgan fingerprint density at radius 2 is 2.03 bits per heavy atom. The van der Waals surface area contributed by atoms with E-state index < -0.39 is 0 Å². The van der Waals surface area contributed by atoms with Gasteiger partial charge in [-0.15, -0.1) is 9.24 Å². The summed E-state index contributed by atoms with van der Waals surface area (Å²) in [6.45, 7) is 2.78. The fourth-order valence-corrected chi connectivity index (χ4v) is 4.55. The number of aromatic nitrogens is 3. The maximum absolute atomic E-state index is 14.6. The van der Waals surface area contributed by atoms with Crippen LogP contribution in [0.25, 0.3) is 5.65 Å². The Kier molecular flexibility index (Phi) is 5.85. The van der Waals surface area contributed by atoms with Gasteiger partial charge in [-0.25, -0.2) is 13.9 Å². The molecule has 1 aliphatic rings. The summed E-state index contributed by atoms with van der Waals surface area (Å²) >= 11 is 0. The zero-order valence-electron chi connectivity index (χ0n) is 18.2. The Balaban J connectivity index is 1.40. The van der Waals surface area contributed by atoms with E-state index in [1.54, 1.807) is 16.8 Å². The van der Waals surface area contributed by atoms with Gasteiger partial charge in [0.25, 0.3) is 7.28 Å². The van der Waals surface area contributed by atoms with E-state index in [0.29, 0.717) is 16.7 Å². The number of fused-ring (bicyclic) bond motifs is 1. The summed E-state index contributed by atoms with van der Waals surface area (Å²) in [6, 6.07) is 14.6. The molecule has 6 nitrogen and oxygen atoms in total. The molecule has 9 heteroatoms. The lowest BCUT2D eigenvalue weighted by Gasteiger charge is -2.26. The SMILES string of the molecule is Cc1ccc(NC(=O)[B]c2cnn3ccc(N4CCCC4c4cc(P)ccc4F)nc23)cc1. The van der Waals surface area contributed by atoms with Gasteiger partial charge in [0.05, 0.1) is 6.04 Å². The number of carbonyl (C=O) groups is 1. The van der Waals surface area contributed by atoms with Crippen molar-refractivity contribution in [2.24, 2.45) is 0 Å². The third-order valence-electron chi connectivity index (χ3n) is 5.91. The van der Waals surface area contributed by atoms with E-state index in [9.17, 15) is 9.18 Å². The summed E-state index contributed by atoms with van der Waals surface area (Å²) < 4.78 is 16.2. The maximum atomic E-state index is 14.6. The van der Waals surface area contributed by atoms with Crippen molar-refractivity contribution < 1.29 is 9.18 Å². The number of carbonyl (C=O) groups excluding carboxylic acids is 1. The number of hydrogen-bond donors (Lipinski definition) is 1. The third kappa shape index (κ3) is 4.48. The van der Waals surface area contributed by atoms with Crippen LogP contribution in [-0.4, -0.2) is 34.2 Å². The van der Waals surface area contributed by atoms with Crippen molar-refractivity contribution in [2.75, 3.05) is 16.8 Å². The molecule has 4 aromatic rings. The molecule has 1 fully saturated rings. The second-order valence-corrected chi connectivity index (χ2v) is 8.95. The van der Waals surface area contributed by atoms with Crippen LogP contribution >= 0.6 is 9.24 Å². The van der Waals surface area contributed by atoms with Gasteiger partial charge < -0.3 is 10.2 Å². The van der Waals surface area contributed by atoms with E-state index in [1.807, 2.05) is 49.5 Å². The topological polar surface area (TPSA) is 62.5 Å². The molecule has 0 spiro atoms. The van der Waals surface area contributed by atoms with Gasteiger partial charge in [-0.3, -0.25) is 4.79 Å². The molecular weight excluding hydrogens is 435 g/mol. The van der Waals surface area contributed by atoms with Crippen molar-refractivity contribution >= 4 is 50.2 Å². The summed E-state index contributed by atoms with van der Waals surface area (Å²) in [4.78, 5) is 19.5. The monoisotopic (exact) mass is 458 g/mol. The number of hydrogen-bond acceptors (Lipinski definition) is 4. The molecule has 1 aliphatic heterocycles. The van der Waals surface area contributed by atoms with Crippen molar-refractivity contribution in [2.45, 2.75) is 25.8 Å². The first-order chi connectivity index (χ1) is 16.0. The summed E-state index contributed by atoms with van der Waals surface area (Å²) in [5, 5.41) is 8.14. The predicted octanol–water partition coefficient (Wildman–Crippen LogP) is 3.58. The smallest absolute Gasteiger partial charge is 0.278 e. The summed E-state index contributed by atoms with van der Waals surface area (Å²) in [5.74, 6) is 0.289. The molecule has 1 saturated heterocycles. The molecule has 33 heavy (non-hydrogen) atoms. The first-order valence-corrected chi connectivity index (χ1v) is 11.4. The number of nitrogens with one attached hydrogen (secondary N) is 1. The standard InChI is InChI=1S/C24H23BFN5OP/c1-15-4-6-16(7-5-15)28-24(32)25-19-14-27-31-12-10-22(29-23(19)31)30-11-2-3-21(30)18-13-17(33)8-9-20(18)26/h4-10,12-14,21H,2-3,11,33H2,1H3,(H,28,32). The Hall–Kier alpha value is -3.25. The number of benzene rings is 2. The molecule has 1 N–H and O–H groups in total. The van der Waals surface area contributed by atoms with Gasteiger partial charge in [0, 0.05) is 30.2 Å². The minimum Gasteiger partial charge on any atom is -0.349 e. The number of anilines is 2. The second kappa shape index (κ2) is 8.95. The Morgan fingerprint density at radius 1 is 1.21 bits per heavy atom. The fraction of sp³-hybridized carbons (Fsp3) is 0.208. The van der Waals surface area contributed by atoms with Gasteiger partial charge in [-0.1, -0.05) is 23.8 Å². The minimum atomic E-state index is -0.251. The summed E-state index contributed by atoms with van der Waals surface area (Å²) in [5.41, 5.74) is 3.73. The molecule has 3 heterocycles. The van der Waals surface area contributed by atoms with Crippen LogP contribution in [0.4, 0.5) is 20.7 Å². The van der Waals surface area contributed by atoms with Gasteiger partial charge in [0.1, 0.15) is 11.6 Å². The number of nitrogens with zero attached hydrogens (tertiary/aromatic N) is 4. The zero-order chi connectivity index (χ0) is 22.9. The second-order valence-electron chi connectivity index (χ2n) is 8.29. The van der Waals surface area contributed by atoms with Crippen LogP contribution in [0.1, 0.15) is 30.0 Å². The first-order valence-electron chi connectivity index (χ1n) is 10.9. The summed E-state index contributed by atoms with van der Waals surface area (Å²) in [7, 11) is 4.13. The van der Waals surface area contributed by atoms with Crippen molar-refractivity contribution in [1.29, 1.82) is 0 Å². The largest absolute Gasteiger partial charge is 0.349 e. The van der Waals surface area contributed by atoms with Crippen LogP contribution in [0, 0.1) is 12.7 Å². The highest BCUT2D eigenvalue weighted by molar-refractivity contribution is 7.27. The van der Waals surface area contributed by atoms with Gasteiger partial charge in [-0.05, 0) is 60.9 Å². The average Bonchev–Trinajstić information content (AvgIpc) is 3.44. The molecule has 2 aromatic heterocycles. The quantitative estimate of drug-likeness (QED) is 0.367. The first kappa shape index (κ1) is 21.6. The Bertz CT molecular complexity index is 1330. The highest BCUT2D eigenvalue weighted by Gasteiger charge is 2.29. The van der Waals surface area contributed by atoms with E-state index >= 15 is 0 Å². The van der Waals surface area contributed by atoms with Crippen LogP contribution in [-0.2, 0) is 0 Å². The maximum Gasteiger partial charge on any atom is 0.278 e. The third-order valence-corrected chi connectivity index (χ3v) is 6.27. The van der Waals surface area contributed by atoms with Crippen molar-refractivity contribution in [3.8, 4) is 0 Å². The normalized spacial score (nSPS) is 15.7. The highest BCUT2D eigenvalue weighted by atomic mass is 31.0. The van der Waals surface area contributed by atoms with Crippen LogP contribution in [0.15, 0.2) is 60.9 Å². The molecule has 165 valence electrons. The molecule has 2 atom stereocenters. The zero-order valence-corrected chi connectivity index (χ0v) is 19.4. The van der Waals surface area contributed by atoms with E-state index in [1.165, 1.54) is 13.3 Å². The van der Waals surface area contributed by atoms with Gasteiger partial charge in [0.2, 0.25) is 0 Å². The molecule has 0 saturated carbocycles. The van der Waals surface area contributed by atoms with Gasteiger partial charge in [-0.2, -0.15) is 5.10 Å². The molecule has 0 aliphatic carbocycles. The van der Waals surface area contributed by atoms with E-state index in [2.05, 4.69) is 24.6 Å². The van der Waals surface area contributed by atoms with E-state index in [4.69, 9.17) is 4.98 Å².